The second-order valence-electron chi connectivity index (χ2n) is 4.54. The summed E-state index contributed by atoms with van der Waals surface area (Å²) in [4.78, 5) is 19.9. The molecule has 3 rings (SSSR count). The zero-order chi connectivity index (χ0) is 15.4. The minimum absolute atomic E-state index is 0.256. The Morgan fingerprint density at radius 1 is 1.32 bits per heavy atom. The van der Waals surface area contributed by atoms with Crippen LogP contribution in [0, 0.1) is 6.92 Å². The predicted molar refractivity (Wildman–Crippen MR) is 76.2 cm³/mol. The Bertz CT molecular complexity index is 747. The van der Waals surface area contributed by atoms with E-state index < -0.39 is 0 Å². The zero-order valence-corrected chi connectivity index (χ0v) is 11.9. The molecule has 0 saturated heterocycles. The van der Waals surface area contributed by atoms with Gasteiger partial charge in [-0.1, -0.05) is 0 Å². The van der Waals surface area contributed by atoms with Crippen molar-refractivity contribution in [1.29, 1.82) is 0 Å². The number of aromatic nitrogens is 7. The number of imidazole rings is 1. The van der Waals surface area contributed by atoms with Crippen LogP contribution in [-0.4, -0.2) is 47.0 Å². The zero-order valence-electron chi connectivity index (χ0n) is 11.9. The van der Waals surface area contributed by atoms with E-state index >= 15 is 0 Å². The predicted octanol–water partition coefficient (Wildman–Crippen LogP) is -0.00778. The van der Waals surface area contributed by atoms with Crippen LogP contribution in [0.4, 0.5) is 0 Å². The van der Waals surface area contributed by atoms with Crippen molar-refractivity contribution in [2.45, 2.75) is 13.5 Å². The molecule has 0 aliphatic carbocycles. The number of amides is 1. The molecule has 0 saturated carbocycles. The third-order valence-corrected chi connectivity index (χ3v) is 3.10. The molecule has 3 heterocycles. The van der Waals surface area contributed by atoms with E-state index in [2.05, 4.69) is 30.6 Å². The number of nitrogens with zero attached hydrogens (tertiary/aromatic N) is 7. The molecular weight excluding hydrogens is 284 g/mol. The molecular formula is C13H14N8O. The second kappa shape index (κ2) is 6.12. The lowest BCUT2D eigenvalue weighted by Crippen LogP contribution is -2.28. The Morgan fingerprint density at radius 3 is 2.86 bits per heavy atom. The molecule has 1 N–H and O–H groups in total. The molecule has 3 aromatic rings. The molecule has 0 fully saturated rings. The van der Waals surface area contributed by atoms with Crippen molar-refractivity contribution in [2.75, 3.05) is 6.54 Å². The fourth-order valence-corrected chi connectivity index (χ4v) is 1.92. The van der Waals surface area contributed by atoms with E-state index in [1.54, 1.807) is 18.3 Å². The van der Waals surface area contributed by atoms with Gasteiger partial charge in [-0.2, -0.15) is 5.10 Å². The first-order valence-electron chi connectivity index (χ1n) is 6.69. The van der Waals surface area contributed by atoms with Gasteiger partial charge in [-0.05, 0) is 19.1 Å². The Kier molecular flexibility index (Phi) is 3.86. The van der Waals surface area contributed by atoms with Gasteiger partial charge in [0.25, 0.3) is 5.91 Å². The molecule has 0 radical (unpaired) electrons. The molecule has 0 atom stereocenters. The van der Waals surface area contributed by atoms with Gasteiger partial charge in [0.1, 0.15) is 18.5 Å². The SMILES string of the molecule is Cc1nccn1CCNC(=O)c1ccc(-n2cncn2)nn1. The first kappa shape index (κ1) is 13.9. The topological polar surface area (TPSA) is 103 Å². The minimum Gasteiger partial charge on any atom is -0.349 e. The quantitative estimate of drug-likeness (QED) is 0.710. The summed E-state index contributed by atoms with van der Waals surface area (Å²) in [5.74, 6) is 1.14. The molecule has 1 amide bonds. The molecule has 0 aliphatic rings. The Hall–Kier alpha value is -3.10. The highest BCUT2D eigenvalue weighted by Gasteiger charge is 2.08. The number of rotatable bonds is 5. The highest BCUT2D eigenvalue weighted by molar-refractivity contribution is 5.92. The van der Waals surface area contributed by atoms with Crippen molar-refractivity contribution in [1.82, 2.24) is 39.8 Å². The maximum Gasteiger partial charge on any atom is 0.271 e. The highest BCUT2D eigenvalue weighted by Crippen LogP contribution is 2.01. The van der Waals surface area contributed by atoms with Gasteiger partial charge in [0, 0.05) is 25.5 Å². The van der Waals surface area contributed by atoms with E-state index in [9.17, 15) is 4.79 Å². The number of carbonyl (C=O) groups is 1. The van der Waals surface area contributed by atoms with Crippen LogP contribution in [0.3, 0.4) is 0 Å². The Balaban J connectivity index is 1.57. The number of hydrogen-bond donors (Lipinski definition) is 1. The second-order valence-corrected chi connectivity index (χ2v) is 4.54. The van der Waals surface area contributed by atoms with E-state index in [0.717, 1.165) is 5.82 Å². The molecule has 9 heteroatoms. The summed E-state index contributed by atoms with van der Waals surface area (Å²) in [6.07, 6.45) is 6.51. The van der Waals surface area contributed by atoms with Gasteiger partial charge < -0.3 is 9.88 Å². The fraction of sp³-hybridized carbons (Fsp3) is 0.231. The van der Waals surface area contributed by atoms with Crippen molar-refractivity contribution < 1.29 is 4.79 Å². The van der Waals surface area contributed by atoms with E-state index in [4.69, 9.17) is 0 Å². The molecule has 0 bridgehead atoms. The Labute approximate surface area is 126 Å². The summed E-state index contributed by atoms with van der Waals surface area (Å²) in [5.41, 5.74) is 0.256. The van der Waals surface area contributed by atoms with Crippen molar-refractivity contribution in [3.63, 3.8) is 0 Å². The van der Waals surface area contributed by atoms with Gasteiger partial charge in [-0.3, -0.25) is 4.79 Å². The normalized spacial score (nSPS) is 10.6. The molecule has 9 nitrogen and oxygen atoms in total. The summed E-state index contributed by atoms with van der Waals surface area (Å²) < 4.78 is 3.43. The Morgan fingerprint density at radius 2 is 2.23 bits per heavy atom. The van der Waals surface area contributed by atoms with E-state index in [1.807, 2.05) is 17.7 Å². The van der Waals surface area contributed by atoms with Crippen molar-refractivity contribution in [2.24, 2.45) is 0 Å². The average molecular weight is 298 g/mol. The summed E-state index contributed by atoms with van der Waals surface area (Å²) in [7, 11) is 0. The van der Waals surface area contributed by atoms with Crippen LogP contribution in [0.5, 0.6) is 0 Å². The molecule has 0 aliphatic heterocycles. The van der Waals surface area contributed by atoms with Crippen LogP contribution in [-0.2, 0) is 6.54 Å². The molecule has 112 valence electrons. The lowest BCUT2D eigenvalue weighted by Gasteiger charge is -2.07. The van der Waals surface area contributed by atoms with Crippen LogP contribution in [0.25, 0.3) is 5.82 Å². The van der Waals surface area contributed by atoms with Gasteiger partial charge in [0.2, 0.25) is 0 Å². The minimum atomic E-state index is -0.268. The fourth-order valence-electron chi connectivity index (χ4n) is 1.92. The number of carbonyl (C=O) groups excluding carboxylic acids is 1. The first-order valence-corrected chi connectivity index (χ1v) is 6.69. The summed E-state index contributed by atoms with van der Waals surface area (Å²) >= 11 is 0. The number of hydrogen-bond acceptors (Lipinski definition) is 6. The smallest absolute Gasteiger partial charge is 0.271 e. The van der Waals surface area contributed by atoms with Gasteiger partial charge in [-0.25, -0.2) is 14.6 Å². The molecule has 0 aromatic carbocycles. The van der Waals surface area contributed by atoms with Crippen LogP contribution < -0.4 is 5.32 Å². The highest BCUT2D eigenvalue weighted by atomic mass is 16.1. The van der Waals surface area contributed by atoms with E-state index in [-0.39, 0.29) is 11.6 Å². The molecule has 22 heavy (non-hydrogen) atoms. The standard InChI is InChI=1S/C13H14N8O/c1-10-15-4-6-20(10)7-5-16-13(22)11-2-3-12(19-18-11)21-9-14-8-17-21/h2-4,6,8-9H,5,7H2,1H3,(H,16,22). The van der Waals surface area contributed by atoms with Gasteiger partial charge in [-0.15, -0.1) is 10.2 Å². The first-order chi connectivity index (χ1) is 10.7. The lowest BCUT2D eigenvalue weighted by atomic mass is 10.3. The van der Waals surface area contributed by atoms with Gasteiger partial charge >= 0.3 is 0 Å². The van der Waals surface area contributed by atoms with Crippen LogP contribution in [0.15, 0.2) is 37.2 Å². The third kappa shape index (κ3) is 2.97. The number of aryl methyl sites for hydroxylation is 1. The van der Waals surface area contributed by atoms with Crippen LogP contribution in [0.1, 0.15) is 16.3 Å². The number of nitrogens with one attached hydrogen (secondary N) is 1. The monoisotopic (exact) mass is 298 g/mol. The third-order valence-electron chi connectivity index (χ3n) is 3.10. The van der Waals surface area contributed by atoms with Crippen LogP contribution in [0.2, 0.25) is 0 Å². The molecule has 0 spiro atoms. The van der Waals surface area contributed by atoms with Crippen molar-refractivity contribution in [3.05, 3.63) is 48.7 Å². The van der Waals surface area contributed by atoms with Crippen molar-refractivity contribution >= 4 is 5.91 Å². The summed E-state index contributed by atoms with van der Waals surface area (Å²) in [5, 5.41) is 14.6. The van der Waals surface area contributed by atoms with E-state index in [1.165, 1.54) is 17.3 Å². The van der Waals surface area contributed by atoms with Crippen LogP contribution >= 0.6 is 0 Å². The lowest BCUT2D eigenvalue weighted by molar-refractivity contribution is 0.0946. The largest absolute Gasteiger partial charge is 0.349 e. The summed E-state index contributed by atoms with van der Waals surface area (Å²) in [6, 6.07) is 3.26. The maximum absolute atomic E-state index is 12.0. The van der Waals surface area contributed by atoms with E-state index in [0.29, 0.717) is 18.9 Å². The van der Waals surface area contributed by atoms with Crippen molar-refractivity contribution in [3.8, 4) is 5.82 Å². The molecule has 3 aromatic heterocycles. The average Bonchev–Trinajstić information content (AvgIpc) is 3.20. The summed E-state index contributed by atoms with van der Waals surface area (Å²) in [6.45, 7) is 3.06. The van der Waals surface area contributed by atoms with Gasteiger partial charge in [0.05, 0.1) is 0 Å². The molecule has 0 unspecified atom stereocenters. The maximum atomic E-state index is 12.0. The van der Waals surface area contributed by atoms with Gasteiger partial charge in [0.15, 0.2) is 11.5 Å².